The number of nitrogens with one attached hydrogen (secondary N) is 1. The van der Waals surface area contributed by atoms with E-state index in [1.807, 2.05) is 0 Å². The van der Waals surface area contributed by atoms with Gasteiger partial charge in [-0.3, -0.25) is 14.9 Å². The minimum absolute atomic E-state index is 0.118. The summed E-state index contributed by atoms with van der Waals surface area (Å²) in [6, 6.07) is 1.94. The Balaban J connectivity index is 2.84. The summed E-state index contributed by atoms with van der Waals surface area (Å²) in [5.41, 5.74) is -0.706. The predicted molar refractivity (Wildman–Crippen MR) is 67.0 cm³/mol. The average molecular weight is 285 g/mol. The second kappa shape index (κ2) is 6.45. The molecule has 0 fully saturated rings. The van der Waals surface area contributed by atoms with Crippen LogP contribution in [0.4, 0.5) is 20.6 Å². The van der Waals surface area contributed by atoms with Crippen molar-refractivity contribution in [3.05, 3.63) is 34.1 Å². The Bertz CT molecular complexity index is 549. The van der Waals surface area contributed by atoms with E-state index in [0.29, 0.717) is 6.07 Å². The number of carboxylic acid groups (broad SMARTS) is 1. The van der Waals surface area contributed by atoms with E-state index in [9.17, 15) is 24.1 Å². The highest BCUT2D eigenvalue weighted by molar-refractivity contribution is 5.91. The molecule has 0 aliphatic rings. The SMILES string of the molecule is CCN(CC(=O)O)C(=O)Nc1ccc([N+](=O)[O-])cc1F. The minimum Gasteiger partial charge on any atom is -0.480 e. The molecule has 0 saturated heterocycles. The van der Waals surface area contributed by atoms with Crippen molar-refractivity contribution in [1.29, 1.82) is 0 Å². The molecule has 0 aliphatic carbocycles. The Hall–Kier alpha value is -2.71. The van der Waals surface area contributed by atoms with Crippen LogP contribution in [0.1, 0.15) is 6.92 Å². The molecule has 2 N–H and O–H groups in total. The van der Waals surface area contributed by atoms with E-state index in [-0.39, 0.29) is 12.2 Å². The van der Waals surface area contributed by atoms with Crippen LogP contribution < -0.4 is 5.32 Å². The van der Waals surface area contributed by atoms with Crippen molar-refractivity contribution in [3.63, 3.8) is 0 Å². The van der Waals surface area contributed by atoms with Gasteiger partial charge in [0.25, 0.3) is 5.69 Å². The summed E-state index contributed by atoms with van der Waals surface area (Å²) in [7, 11) is 0. The lowest BCUT2D eigenvalue weighted by molar-refractivity contribution is -0.385. The second-order valence-corrected chi connectivity index (χ2v) is 3.76. The zero-order chi connectivity index (χ0) is 15.3. The second-order valence-electron chi connectivity index (χ2n) is 3.76. The van der Waals surface area contributed by atoms with Crippen LogP contribution in [0.2, 0.25) is 0 Å². The number of nitro groups is 1. The van der Waals surface area contributed by atoms with E-state index < -0.39 is 35.0 Å². The number of non-ortho nitro benzene ring substituents is 1. The first-order chi connectivity index (χ1) is 9.35. The number of carboxylic acids is 1. The van der Waals surface area contributed by atoms with Gasteiger partial charge in [0.2, 0.25) is 0 Å². The predicted octanol–water partition coefficient (Wildman–Crippen LogP) is 1.67. The highest BCUT2D eigenvalue weighted by Crippen LogP contribution is 2.20. The summed E-state index contributed by atoms with van der Waals surface area (Å²) >= 11 is 0. The highest BCUT2D eigenvalue weighted by Gasteiger charge is 2.17. The molecule has 0 aromatic heterocycles. The molecule has 0 spiro atoms. The summed E-state index contributed by atoms with van der Waals surface area (Å²) in [4.78, 5) is 32.9. The molecule has 0 unspecified atom stereocenters. The van der Waals surface area contributed by atoms with Crippen LogP contribution in [0.5, 0.6) is 0 Å². The third-order valence-corrected chi connectivity index (χ3v) is 2.40. The van der Waals surface area contributed by atoms with Gasteiger partial charge in [-0.25, -0.2) is 9.18 Å². The number of likely N-dealkylation sites (N-methyl/N-ethyl adjacent to an activating group) is 1. The monoisotopic (exact) mass is 285 g/mol. The molecule has 0 bridgehead atoms. The summed E-state index contributed by atoms with van der Waals surface area (Å²) < 4.78 is 13.5. The van der Waals surface area contributed by atoms with Gasteiger partial charge in [-0.15, -0.1) is 0 Å². The molecule has 2 amide bonds. The van der Waals surface area contributed by atoms with Crippen LogP contribution in [-0.4, -0.2) is 40.0 Å². The molecule has 1 aromatic carbocycles. The summed E-state index contributed by atoms with van der Waals surface area (Å²) in [6.45, 7) is 1.15. The summed E-state index contributed by atoms with van der Waals surface area (Å²) in [5.74, 6) is -2.18. The number of aliphatic carboxylic acids is 1. The molecule has 0 radical (unpaired) electrons. The topological polar surface area (TPSA) is 113 Å². The first-order valence-corrected chi connectivity index (χ1v) is 5.56. The molecule has 108 valence electrons. The fourth-order valence-corrected chi connectivity index (χ4v) is 1.40. The molecule has 0 atom stereocenters. The lowest BCUT2D eigenvalue weighted by Crippen LogP contribution is -2.38. The molecule has 1 aromatic rings. The third kappa shape index (κ3) is 3.90. The van der Waals surface area contributed by atoms with Gasteiger partial charge in [0.1, 0.15) is 6.54 Å². The minimum atomic E-state index is -1.20. The van der Waals surface area contributed by atoms with E-state index in [2.05, 4.69) is 5.32 Å². The third-order valence-electron chi connectivity index (χ3n) is 2.40. The lowest BCUT2D eigenvalue weighted by Gasteiger charge is -2.19. The molecule has 9 heteroatoms. The van der Waals surface area contributed by atoms with Crippen molar-refractivity contribution < 1.29 is 24.0 Å². The summed E-state index contributed by atoms with van der Waals surface area (Å²) in [6.07, 6.45) is 0. The largest absolute Gasteiger partial charge is 0.480 e. The molecule has 8 nitrogen and oxygen atoms in total. The maximum atomic E-state index is 13.5. The Morgan fingerprint density at radius 1 is 1.50 bits per heavy atom. The van der Waals surface area contributed by atoms with E-state index in [0.717, 1.165) is 17.0 Å². The number of carbonyl (C=O) groups excluding carboxylic acids is 1. The van der Waals surface area contributed by atoms with E-state index in [1.54, 1.807) is 6.92 Å². The van der Waals surface area contributed by atoms with Crippen molar-refractivity contribution in [2.24, 2.45) is 0 Å². The van der Waals surface area contributed by atoms with Gasteiger partial charge in [-0.1, -0.05) is 0 Å². The number of rotatable bonds is 5. The van der Waals surface area contributed by atoms with Crippen molar-refractivity contribution in [2.45, 2.75) is 6.92 Å². The van der Waals surface area contributed by atoms with Gasteiger partial charge in [0.05, 0.1) is 16.7 Å². The number of carbonyl (C=O) groups is 2. The molecule has 0 heterocycles. The fourth-order valence-electron chi connectivity index (χ4n) is 1.40. The van der Waals surface area contributed by atoms with Crippen LogP contribution in [0, 0.1) is 15.9 Å². The van der Waals surface area contributed by atoms with Gasteiger partial charge in [-0.2, -0.15) is 0 Å². The molecule has 20 heavy (non-hydrogen) atoms. The maximum absolute atomic E-state index is 13.5. The van der Waals surface area contributed by atoms with E-state index in [4.69, 9.17) is 5.11 Å². The van der Waals surface area contributed by atoms with Crippen molar-refractivity contribution in [2.75, 3.05) is 18.4 Å². The Morgan fingerprint density at radius 3 is 2.60 bits per heavy atom. The number of urea groups is 1. The number of hydrogen-bond donors (Lipinski definition) is 2. The molecular weight excluding hydrogens is 273 g/mol. The number of amides is 2. The summed E-state index contributed by atoms with van der Waals surface area (Å²) in [5, 5.41) is 21.2. The zero-order valence-electron chi connectivity index (χ0n) is 10.5. The Labute approximate surface area is 113 Å². The smallest absolute Gasteiger partial charge is 0.323 e. The number of nitrogens with zero attached hydrogens (tertiary/aromatic N) is 2. The van der Waals surface area contributed by atoms with Gasteiger partial charge in [-0.05, 0) is 13.0 Å². The van der Waals surface area contributed by atoms with E-state index in [1.165, 1.54) is 0 Å². The van der Waals surface area contributed by atoms with Crippen molar-refractivity contribution in [1.82, 2.24) is 4.90 Å². The normalized spacial score (nSPS) is 9.90. The quantitative estimate of drug-likeness (QED) is 0.631. The maximum Gasteiger partial charge on any atom is 0.323 e. The van der Waals surface area contributed by atoms with Crippen LogP contribution in [0.15, 0.2) is 18.2 Å². The average Bonchev–Trinajstić information content (AvgIpc) is 2.37. The Morgan fingerprint density at radius 2 is 2.15 bits per heavy atom. The van der Waals surface area contributed by atoms with Crippen LogP contribution in [0.25, 0.3) is 0 Å². The van der Waals surface area contributed by atoms with Gasteiger partial charge in [0, 0.05) is 12.6 Å². The van der Waals surface area contributed by atoms with Gasteiger partial charge < -0.3 is 15.3 Å². The van der Waals surface area contributed by atoms with Crippen LogP contribution in [0.3, 0.4) is 0 Å². The standard InChI is InChI=1S/C11H12FN3O5/c1-2-14(6-10(16)17)11(18)13-9-4-3-7(15(19)20)5-8(9)12/h3-5H,2,6H2,1H3,(H,13,18)(H,16,17). The van der Waals surface area contributed by atoms with Gasteiger partial charge >= 0.3 is 12.0 Å². The number of anilines is 1. The lowest BCUT2D eigenvalue weighted by atomic mass is 10.2. The number of nitro benzene ring substituents is 1. The van der Waals surface area contributed by atoms with Crippen molar-refractivity contribution in [3.8, 4) is 0 Å². The van der Waals surface area contributed by atoms with Crippen LogP contribution >= 0.6 is 0 Å². The first kappa shape index (κ1) is 15.3. The first-order valence-electron chi connectivity index (χ1n) is 5.56. The Kier molecular flexibility index (Phi) is 4.95. The van der Waals surface area contributed by atoms with Crippen LogP contribution in [-0.2, 0) is 4.79 Å². The van der Waals surface area contributed by atoms with E-state index >= 15 is 0 Å². The molecular formula is C11H12FN3O5. The number of hydrogen-bond acceptors (Lipinski definition) is 4. The zero-order valence-corrected chi connectivity index (χ0v) is 10.5. The highest BCUT2D eigenvalue weighted by atomic mass is 19.1. The van der Waals surface area contributed by atoms with Crippen molar-refractivity contribution >= 4 is 23.4 Å². The molecule has 0 aliphatic heterocycles. The molecule has 0 saturated carbocycles. The number of halogens is 1. The molecule has 1 rings (SSSR count). The fraction of sp³-hybridized carbons (Fsp3) is 0.273. The van der Waals surface area contributed by atoms with Gasteiger partial charge in [0.15, 0.2) is 5.82 Å². The number of benzene rings is 1.